The minimum Gasteiger partial charge on any atom is -0.493 e. The molecule has 140 valence electrons. The molecule has 1 aromatic heterocycles. The molecule has 1 aliphatic heterocycles. The fourth-order valence-electron chi connectivity index (χ4n) is 3.14. The number of guanidine groups is 1. The van der Waals surface area contributed by atoms with E-state index in [-0.39, 0.29) is 6.04 Å². The van der Waals surface area contributed by atoms with E-state index in [2.05, 4.69) is 38.7 Å². The number of aliphatic imine (C=N–C) groups is 1. The Morgan fingerprint density at radius 1 is 1.35 bits per heavy atom. The third-order valence-corrected chi connectivity index (χ3v) is 4.48. The maximum atomic E-state index is 5.83. The van der Waals surface area contributed by atoms with Gasteiger partial charge in [-0.15, -0.1) is 0 Å². The number of rotatable bonds is 6. The zero-order valence-electron chi connectivity index (χ0n) is 15.8. The van der Waals surface area contributed by atoms with Crippen LogP contribution in [0.15, 0.2) is 29.3 Å². The predicted octanol–water partition coefficient (Wildman–Crippen LogP) is 2.36. The van der Waals surface area contributed by atoms with E-state index in [1.807, 2.05) is 29.8 Å². The molecule has 7 nitrogen and oxygen atoms in total. The van der Waals surface area contributed by atoms with Crippen molar-refractivity contribution in [2.45, 2.75) is 45.7 Å². The van der Waals surface area contributed by atoms with Gasteiger partial charge in [-0.3, -0.25) is 4.99 Å². The second-order valence-electron chi connectivity index (χ2n) is 6.55. The van der Waals surface area contributed by atoms with E-state index < -0.39 is 0 Å². The Morgan fingerprint density at radius 3 is 3.00 bits per heavy atom. The number of nitrogens with one attached hydrogen (secondary N) is 2. The van der Waals surface area contributed by atoms with E-state index >= 15 is 0 Å². The molecule has 0 radical (unpaired) electrons. The number of fused-ring (bicyclic) bond motifs is 1. The van der Waals surface area contributed by atoms with E-state index in [1.54, 1.807) is 7.05 Å². The molecule has 0 amide bonds. The van der Waals surface area contributed by atoms with Gasteiger partial charge in [0, 0.05) is 20.1 Å². The molecule has 0 bridgehead atoms. The predicted molar refractivity (Wildman–Crippen MR) is 103 cm³/mol. The van der Waals surface area contributed by atoms with Crippen LogP contribution in [-0.2, 0) is 6.54 Å². The van der Waals surface area contributed by atoms with Crippen molar-refractivity contribution in [1.29, 1.82) is 0 Å². The highest BCUT2D eigenvalue weighted by Gasteiger charge is 2.24. The van der Waals surface area contributed by atoms with Crippen molar-refractivity contribution in [2.75, 3.05) is 20.2 Å². The van der Waals surface area contributed by atoms with Crippen molar-refractivity contribution in [3.63, 3.8) is 0 Å². The van der Waals surface area contributed by atoms with Gasteiger partial charge in [-0.1, -0.05) is 18.2 Å². The number of ether oxygens (including phenoxy) is 1. The second-order valence-corrected chi connectivity index (χ2v) is 6.55. The summed E-state index contributed by atoms with van der Waals surface area (Å²) < 4.78 is 7.83. The van der Waals surface area contributed by atoms with Crippen LogP contribution in [0, 0.1) is 13.8 Å². The Labute approximate surface area is 154 Å². The average molecular weight is 356 g/mol. The third-order valence-electron chi connectivity index (χ3n) is 4.48. The Balaban J connectivity index is 1.44. The topological polar surface area (TPSA) is 76.4 Å². The molecule has 2 heterocycles. The van der Waals surface area contributed by atoms with Gasteiger partial charge in [0.1, 0.15) is 17.4 Å². The molecule has 0 aliphatic carbocycles. The van der Waals surface area contributed by atoms with Gasteiger partial charge in [-0.2, -0.15) is 5.10 Å². The van der Waals surface area contributed by atoms with Crippen LogP contribution >= 0.6 is 0 Å². The first-order valence-electron chi connectivity index (χ1n) is 9.24. The Hall–Kier alpha value is -2.57. The van der Waals surface area contributed by atoms with Crippen LogP contribution in [0.5, 0.6) is 5.75 Å². The van der Waals surface area contributed by atoms with Crippen molar-refractivity contribution in [3.8, 4) is 5.75 Å². The quantitative estimate of drug-likeness (QED) is 0.472. The van der Waals surface area contributed by atoms with Crippen molar-refractivity contribution in [1.82, 2.24) is 25.4 Å². The van der Waals surface area contributed by atoms with Crippen LogP contribution in [-0.4, -0.2) is 40.9 Å². The van der Waals surface area contributed by atoms with E-state index in [4.69, 9.17) is 4.74 Å². The summed E-state index contributed by atoms with van der Waals surface area (Å²) in [5, 5.41) is 11.3. The monoisotopic (exact) mass is 356 g/mol. The molecule has 2 N–H and O–H groups in total. The largest absolute Gasteiger partial charge is 0.493 e. The van der Waals surface area contributed by atoms with E-state index in [1.165, 1.54) is 0 Å². The van der Waals surface area contributed by atoms with Crippen molar-refractivity contribution in [3.05, 3.63) is 41.5 Å². The maximum Gasteiger partial charge on any atom is 0.191 e. The minimum absolute atomic E-state index is 0.152. The van der Waals surface area contributed by atoms with Crippen LogP contribution in [0.25, 0.3) is 0 Å². The van der Waals surface area contributed by atoms with Crippen LogP contribution in [0.3, 0.4) is 0 Å². The lowest BCUT2D eigenvalue weighted by atomic mass is 10.1. The smallest absolute Gasteiger partial charge is 0.191 e. The number of aromatic nitrogens is 3. The Bertz CT molecular complexity index is 754. The maximum absolute atomic E-state index is 5.83. The van der Waals surface area contributed by atoms with Crippen LogP contribution in [0.1, 0.15) is 42.5 Å². The first kappa shape index (κ1) is 18.2. The van der Waals surface area contributed by atoms with Gasteiger partial charge in [0.25, 0.3) is 0 Å². The summed E-state index contributed by atoms with van der Waals surface area (Å²) in [6.45, 7) is 6.40. The SMILES string of the molecule is CN=C(NCCCOc1ccccc1C)NC1CCCn2nc(C)nc21. The van der Waals surface area contributed by atoms with Crippen LogP contribution in [0.2, 0.25) is 0 Å². The summed E-state index contributed by atoms with van der Waals surface area (Å²) in [7, 11) is 1.79. The van der Waals surface area contributed by atoms with Crippen molar-refractivity contribution in [2.24, 2.45) is 4.99 Å². The van der Waals surface area contributed by atoms with Crippen LogP contribution in [0.4, 0.5) is 0 Å². The molecule has 26 heavy (non-hydrogen) atoms. The molecule has 0 saturated heterocycles. The first-order valence-corrected chi connectivity index (χ1v) is 9.24. The molecule has 1 aliphatic rings. The van der Waals surface area contributed by atoms with E-state index in [0.29, 0.717) is 6.61 Å². The fraction of sp³-hybridized carbons (Fsp3) is 0.526. The highest BCUT2D eigenvalue weighted by Crippen LogP contribution is 2.22. The fourth-order valence-corrected chi connectivity index (χ4v) is 3.14. The summed E-state index contributed by atoms with van der Waals surface area (Å²) in [4.78, 5) is 8.89. The molecule has 2 aromatic rings. The van der Waals surface area contributed by atoms with Gasteiger partial charge in [0.2, 0.25) is 0 Å². The molecule has 7 heteroatoms. The van der Waals surface area contributed by atoms with E-state index in [0.717, 1.165) is 61.3 Å². The minimum atomic E-state index is 0.152. The third kappa shape index (κ3) is 4.53. The lowest BCUT2D eigenvalue weighted by molar-refractivity contribution is 0.309. The van der Waals surface area contributed by atoms with Gasteiger partial charge in [0.15, 0.2) is 5.96 Å². The molecule has 0 saturated carbocycles. The summed E-state index contributed by atoms with van der Waals surface area (Å²) in [5.41, 5.74) is 1.16. The Kier molecular flexibility index (Phi) is 6.09. The number of benzene rings is 1. The van der Waals surface area contributed by atoms with Crippen molar-refractivity contribution >= 4 is 5.96 Å². The highest BCUT2D eigenvalue weighted by molar-refractivity contribution is 5.80. The van der Waals surface area contributed by atoms with Gasteiger partial charge in [0.05, 0.1) is 12.6 Å². The second kappa shape index (κ2) is 8.69. The summed E-state index contributed by atoms with van der Waals surface area (Å²) in [6.07, 6.45) is 3.03. The molecular weight excluding hydrogens is 328 g/mol. The molecular formula is C19H28N6O. The normalized spacial score (nSPS) is 16.9. The first-order chi connectivity index (χ1) is 12.7. The highest BCUT2D eigenvalue weighted by atomic mass is 16.5. The zero-order chi connectivity index (χ0) is 18.4. The molecule has 0 fully saturated rings. The van der Waals surface area contributed by atoms with Crippen LogP contribution < -0.4 is 15.4 Å². The zero-order valence-corrected chi connectivity index (χ0v) is 15.8. The van der Waals surface area contributed by atoms with Gasteiger partial charge < -0.3 is 15.4 Å². The molecule has 1 atom stereocenters. The lowest BCUT2D eigenvalue weighted by Gasteiger charge is -2.25. The van der Waals surface area contributed by atoms with E-state index in [9.17, 15) is 0 Å². The number of hydrogen-bond donors (Lipinski definition) is 2. The number of nitrogens with zero attached hydrogens (tertiary/aromatic N) is 4. The summed E-state index contributed by atoms with van der Waals surface area (Å²) in [6, 6.07) is 8.23. The van der Waals surface area contributed by atoms with Gasteiger partial charge >= 0.3 is 0 Å². The molecule has 0 spiro atoms. The van der Waals surface area contributed by atoms with Gasteiger partial charge in [-0.05, 0) is 44.7 Å². The molecule has 3 rings (SSSR count). The van der Waals surface area contributed by atoms with Crippen molar-refractivity contribution < 1.29 is 4.74 Å². The summed E-state index contributed by atoms with van der Waals surface area (Å²) >= 11 is 0. The molecule has 1 aromatic carbocycles. The standard InChI is InChI=1S/C19H28N6O/c1-14-8-4-5-10-17(14)26-13-7-11-21-19(20-3)23-16-9-6-12-25-18(16)22-15(2)24-25/h4-5,8,10,16H,6-7,9,11-13H2,1-3H3,(H2,20,21,23). The van der Waals surface area contributed by atoms with Gasteiger partial charge in [-0.25, -0.2) is 9.67 Å². The molecule has 1 unspecified atom stereocenters. The Morgan fingerprint density at radius 2 is 2.19 bits per heavy atom. The summed E-state index contributed by atoms with van der Waals surface area (Å²) in [5.74, 6) is 3.57. The number of para-hydroxylation sites is 1. The number of hydrogen-bond acceptors (Lipinski definition) is 4. The number of aryl methyl sites for hydroxylation is 3. The average Bonchev–Trinajstić information content (AvgIpc) is 3.03. The lowest BCUT2D eigenvalue weighted by Crippen LogP contribution is -2.42.